The van der Waals surface area contributed by atoms with E-state index in [2.05, 4.69) is 11.4 Å². The molecule has 1 aliphatic rings. The Kier molecular flexibility index (Phi) is 4.31. The van der Waals surface area contributed by atoms with Gasteiger partial charge in [-0.1, -0.05) is 29.3 Å². The van der Waals surface area contributed by atoms with Gasteiger partial charge in [0.2, 0.25) is 0 Å². The molecule has 2 heterocycles. The number of aryl methyl sites for hydroxylation is 2. The van der Waals surface area contributed by atoms with Crippen LogP contribution in [0.25, 0.3) is 10.2 Å². The van der Waals surface area contributed by atoms with Crippen LogP contribution in [0.1, 0.15) is 33.8 Å². The Bertz CT molecular complexity index is 979. The smallest absolute Gasteiger partial charge is 0.268 e. The van der Waals surface area contributed by atoms with E-state index in [0.717, 1.165) is 35.2 Å². The van der Waals surface area contributed by atoms with Crippen LogP contribution in [0.2, 0.25) is 10.0 Å². The number of rotatable bonds is 2. The molecule has 2 aromatic heterocycles. The number of nitrogens with one attached hydrogen (secondary N) is 1. The molecule has 0 radical (unpaired) electrons. The summed E-state index contributed by atoms with van der Waals surface area (Å²) in [6.45, 7) is 0. The van der Waals surface area contributed by atoms with Crippen molar-refractivity contribution in [2.45, 2.75) is 25.7 Å². The number of carbonyl (C=O) groups is 1. The number of hydrogen-bond acceptors (Lipinski definition) is 4. The lowest BCUT2D eigenvalue weighted by Crippen LogP contribution is -2.12. The van der Waals surface area contributed by atoms with E-state index in [1.165, 1.54) is 23.3 Å². The molecule has 4 rings (SSSR count). The minimum Gasteiger partial charge on any atom is -0.397 e. The first-order valence-corrected chi connectivity index (χ1v) is 9.58. The number of aromatic nitrogens is 1. The molecule has 7 heteroatoms. The Labute approximate surface area is 159 Å². The van der Waals surface area contributed by atoms with Crippen LogP contribution in [0.4, 0.5) is 11.4 Å². The van der Waals surface area contributed by atoms with E-state index in [4.69, 9.17) is 33.9 Å². The highest BCUT2D eigenvalue weighted by molar-refractivity contribution is 7.21. The molecule has 3 aromatic rings. The van der Waals surface area contributed by atoms with E-state index in [1.54, 1.807) is 18.2 Å². The molecule has 0 saturated heterocycles. The fourth-order valence-electron chi connectivity index (χ4n) is 3.12. The van der Waals surface area contributed by atoms with Crippen LogP contribution in [0.15, 0.2) is 24.3 Å². The molecule has 3 N–H and O–H groups in total. The molecule has 0 unspecified atom stereocenters. The SMILES string of the molecule is Nc1c(C(=O)Nc2c(Cl)cccc2Cl)sc2nc3c(cc12)CCCC3. The van der Waals surface area contributed by atoms with Crippen molar-refractivity contribution in [1.29, 1.82) is 0 Å². The van der Waals surface area contributed by atoms with Gasteiger partial charge in [-0.05, 0) is 49.4 Å². The number of benzene rings is 1. The molecule has 0 saturated carbocycles. The Morgan fingerprint density at radius 2 is 1.92 bits per heavy atom. The van der Waals surface area contributed by atoms with Crippen molar-refractivity contribution in [1.82, 2.24) is 4.98 Å². The maximum Gasteiger partial charge on any atom is 0.268 e. The first-order chi connectivity index (χ1) is 12.0. The summed E-state index contributed by atoms with van der Waals surface area (Å²) >= 11 is 13.6. The highest BCUT2D eigenvalue weighted by Gasteiger charge is 2.21. The average molecular weight is 392 g/mol. The van der Waals surface area contributed by atoms with Crippen molar-refractivity contribution in [3.05, 3.63) is 50.4 Å². The summed E-state index contributed by atoms with van der Waals surface area (Å²) in [5, 5.41) is 4.38. The Morgan fingerprint density at radius 1 is 1.20 bits per heavy atom. The second-order valence-electron chi connectivity index (χ2n) is 6.05. The Hall–Kier alpha value is -1.82. The number of halogens is 2. The van der Waals surface area contributed by atoms with Gasteiger partial charge in [0, 0.05) is 11.1 Å². The number of nitrogens with two attached hydrogens (primary N) is 1. The highest BCUT2D eigenvalue weighted by Crippen LogP contribution is 2.37. The number of nitrogens with zero attached hydrogens (tertiary/aromatic N) is 1. The van der Waals surface area contributed by atoms with Gasteiger partial charge in [0.05, 0.1) is 21.4 Å². The third kappa shape index (κ3) is 2.97. The van der Waals surface area contributed by atoms with Gasteiger partial charge < -0.3 is 11.1 Å². The quantitative estimate of drug-likeness (QED) is 0.621. The first kappa shape index (κ1) is 16.6. The third-order valence-corrected chi connectivity index (χ3v) is 6.15. The minimum atomic E-state index is -0.325. The fraction of sp³-hybridized carbons (Fsp3) is 0.222. The molecule has 25 heavy (non-hydrogen) atoms. The standard InChI is InChI=1S/C18H15Cl2N3OS/c19-11-5-3-6-12(20)15(11)23-17(24)16-14(21)10-8-9-4-1-2-7-13(9)22-18(10)25-16/h3,5-6,8H,1-2,4,7,21H2,(H,23,24). The van der Waals surface area contributed by atoms with Crippen LogP contribution in [0.3, 0.4) is 0 Å². The van der Waals surface area contributed by atoms with Crippen molar-refractivity contribution < 1.29 is 4.79 Å². The number of pyridine rings is 1. The van der Waals surface area contributed by atoms with Gasteiger partial charge in [-0.25, -0.2) is 4.98 Å². The van der Waals surface area contributed by atoms with E-state index in [9.17, 15) is 4.79 Å². The summed E-state index contributed by atoms with van der Waals surface area (Å²) < 4.78 is 0. The van der Waals surface area contributed by atoms with Gasteiger partial charge in [-0.15, -0.1) is 11.3 Å². The monoisotopic (exact) mass is 391 g/mol. The molecule has 1 aromatic carbocycles. The number of thiophene rings is 1. The van der Waals surface area contributed by atoms with E-state index in [-0.39, 0.29) is 5.91 Å². The van der Waals surface area contributed by atoms with Crippen LogP contribution in [0, 0.1) is 0 Å². The second-order valence-corrected chi connectivity index (χ2v) is 7.86. The molecule has 1 aliphatic carbocycles. The molecule has 0 fully saturated rings. The lowest BCUT2D eigenvalue weighted by atomic mass is 9.95. The van der Waals surface area contributed by atoms with Crippen LogP contribution in [0.5, 0.6) is 0 Å². The zero-order valence-electron chi connectivity index (χ0n) is 13.2. The van der Waals surface area contributed by atoms with E-state index < -0.39 is 0 Å². The number of carbonyl (C=O) groups excluding carboxylic acids is 1. The zero-order chi connectivity index (χ0) is 17.6. The van der Waals surface area contributed by atoms with E-state index >= 15 is 0 Å². The minimum absolute atomic E-state index is 0.325. The maximum absolute atomic E-state index is 12.7. The van der Waals surface area contributed by atoms with Crippen LogP contribution in [-0.2, 0) is 12.8 Å². The lowest BCUT2D eigenvalue weighted by molar-refractivity contribution is 0.103. The molecule has 0 atom stereocenters. The number of hydrogen-bond donors (Lipinski definition) is 2. The number of amides is 1. The molecule has 128 valence electrons. The molecular formula is C18H15Cl2N3OS. The molecule has 0 aliphatic heterocycles. The number of para-hydroxylation sites is 1. The number of anilines is 2. The van der Waals surface area contributed by atoms with Crippen molar-refractivity contribution in [2.24, 2.45) is 0 Å². The van der Waals surface area contributed by atoms with E-state index in [1.807, 2.05) is 0 Å². The maximum atomic E-state index is 12.7. The summed E-state index contributed by atoms with van der Waals surface area (Å²) in [6, 6.07) is 7.16. The number of nitrogen functional groups attached to an aromatic ring is 1. The number of fused-ring (bicyclic) bond motifs is 2. The average Bonchev–Trinajstić information content (AvgIpc) is 2.92. The zero-order valence-corrected chi connectivity index (χ0v) is 15.6. The topological polar surface area (TPSA) is 68.0 Å². The second kappa shape index (κ2) is 6.48. The Morgan fingerprint density at radius 3 is 2.68 bits per heavy atom. The molecule has 0 spiro atoms. The van der Waals surface area contributed by atoms with Crippen LogP contribution >= 0.6 is 34.5 Å². The Balaban J connectivity index is 1.73. The van der Waals surface area contributed by atoms with Gasteiger partial charge >= 0.3 is 0 Å². The van der Waals surface area contributed by atoms with Gasteiger partial charge in [-0.2, -0.15) is 0 Å². The van der Waals surface area contributed by atoms with Crippen molar-refractivity contribution in [3.8, 4) is 0 Å². The lowest BCUT2D eigenvalue weighted by Gasteiger charge is -2.14. The van der Waals surface area contributed by atoms with Crippen molar-refractivity contribution >= 4 is 62.0 Å². The molecular weight excluding hydrogens is 377 g/mol. The van der Waals surface area contributed by atoms with Gasteiger partial charge in [0.1, 0.15) is 9.71 Å². The molecule has 0 bridgehead atoms. The molecule has 4 nitrogen and oxygen atoms in total. The summed E-state index contributed by atoms with van der Waals surface area (Å²) in [6.07, 6.45) is 4.33. The highest BCUT2D eigenvalue weighted by atomic mass is 35.5. The summed E-state index contributed by atoms with van der Waals surface area (Å²) in [4.78, 5) is 18.7. The third-order valence-electron chi connectivity index (χ3n) is 4.41. The largest absolute Gasteiger partial charge is 0.397 e. The first-order valence-electron chi connectivity index (χ1n) is 8.00. The van der Waals surface area contributed by atoms with Crippen molar-refractivity contribution in [2.75, 3.05) is 11.1 Å². The summed E-state index contributed by atoms with van der Waals surface area (Å²) in [5.41, 5.74) is 9.46. The van der Waals surface area contributed by atoms with Gasteiger partial charge in [0.25, 0.3) is 5.91 Å². The predicted molar refractivity (Wildman–Crippen MR) is 105 cm³/mol. The van der Waals surface area contributed by atoms with Crippen LogP contribution < -0.4 is 11.1 Å². The van der Waals surface area contributed by atoms with Crippen LogP contribution in [-0.4, -0.2) is 10.9 Å². The van der Waals surface area contributed by atoms with Gasteiger partial charge in [-0.3, -0.25) is 4.79 Å². The van der Waals surface area contributed by atoms with E-state index in [0.29, 0.717) is 26.3 Å². The van der Waals surface area contributed by atoms with Crippen molar-refractivity contribution in [3.63, 3.8) is 0 Å². The van der Waals surface area contributed by atoms with Gasteiger partial charge in [0.15, 0.2) is 0 Å². The summed E-state index contributed by atoms with van der Waals surface area (Å²) in [5.74, 6) is -0.325. The molecule has 1 amide bonds. The fourth-order valence-corrected chi connectivity index (χ4v) is 4.60. The normalized spacial score (nSPS) is 13.7. The summed E-state index contributed by atoms with van der Waals surface area (Å²) in [7, 11) is 0. The predicted octanol–water partition coefficient (Wildman–Crippen LogP) is 5.32.